The van der Waals surface area contributed by atoms with Gasteiger partial charge in [-0.15, -0.1) is 0 Å². The highest BCUT2D eigenvalue weighted by atomic mass is 32.2. The number of anilines is 1. The summed E-state index contributed by atoms with van der Waals surface area (Å²) in [6.07, 6.45) is 3.60. The Morgan fingerprint density at radius 3 is 2.59 bits per heavy atom. The van der Waals surface area contributed by atoms with Crippen molar-refractivity contribution in [2.24, 2.45) is 5.16 Å². The quantitative estimate of drug-likeness (QED) is 0.214. The molecule has 196 valence electrons. The molecule has 4 rings (SSSR count). The van der Waals surface area contributed by atoms with Crippen LogP contribution in [0.15, 0.2) is 59.3 Å². The number of hydrogen-bond donors (Lipinski definition) is 0. The first-order chi connectivity index (χ1) is 17.5. The van der Waals surface area contributed by atoms with E-state index in [1.807, 2.05) is 26.0 Å². The van der Waals surface area contributed by atoms with Crippen molar-refractivity contribution in [3.8, 4) is 5.75 Å². The maximum Gasteiger partial charge on any atom is 0.536 e. The van der Waals surface area contributed by atoms with E-state index in [0.29, 0.717) is 35.5 Å². The minimum Gasteiger partial charge on any atom is -0.492 e. The number of oxime groups is 1. The highest BCUT2D eigenvalue weighted by Gasteiger charge is 2.49. The van der Waals surface area contributed by atoms with Gasteiger partial charge >= 0.3 is 15.6 Å². The van der Waals surface area contributed by atoms with E-state index in [2.05, 4.69) is 14.3 Å². The lowest BCUT2D eigenvalue weighted by molar-refractivity contribution is -0.0541. The summed E-state index contributed by atoms with van der Waals surface area (Å²) in [5.41, 5.74) is -0.896. The molecule has 0 fully saturated rings. The molecule has 0 spiro atoms. The van der Waals surface area contributed by atoms with Gasteiger partial charge < -0.3 is 9.64 Å². The van der Waals surface area contributed by atoms with E-state index in [9.17, 15) is 26.4 Å². The summed E-state index contributed by atoms with van der Waals surface area (Å²) < 4.78 is 70.5. The van der Waals surface area contributed by atoms with Gasteiger partial charge in [0.2, 0.25) is 0 Å². The zero-order chi connectivity index (χ0) is 27.0. The van der Waals surface area contributed by atoms with Gasteiger partial charge in [-0.1, -0.05) is 35.5 Å². The Morgan fingerprint density at radius 1 is 1.22 bits per heavy atom. The zero-order valence-corrected chi connectivity index (χ0v) is 21.2. The average Bonchev–Trinajstić information content (AvgIpc) is 3.20. The van der Waals surface area contributed by atoms with E-state index < -0.39 is 15.6 Å². The smallest absolute Gasteiger partial charge is 0.492 e. The molecule has 2 aromatic rings. The minimum atomic E-state index is -5.89. The molecule has 0 saturated heterocycles. The number of Topliss-reactive ketones (excluding diaryl/α,β-unsaturated/α-hetero) is 1. The monoisotopic (exact) mass is 534 g/mol. The van der Waals surface area contributed by atoms with Crippen LogP contribution >= 0.6 is 0 Å². The Balaban J connectivity index is 1.76. The van der Waals surface area contributed by atoms with Gasteiger partial charge in [-0.25, -0.2) is 0 Å². The van der Waals surface area contributed by atoms with Crippen molar-refractivity contribution < 1.29 is 35.4 Å². The van der Waals surface area contributed by atoms with Crippen LogP contribution in [0.4, 0.5) is 18.9 Å². The average molecular weight is 535 g/mol. The lowest BCUT2D eigenvalue weighted by Crippen LogP contribution is -2.25. The molecule has 0 N–H and O–H groups in total. The summed E-state index contributed by atoms with van der Waals surface area (Å²) >= 11 is 0. The van der Waals surface area contributed by atoms with Gasteiger partial charge in [-0.2, -0.15) is 21.6 Å². The van der Waals surface area contributed by atoms with Crippen molar-refractivity contribution in [1.29, 1.82) is 0 Å². The van der Waals surface area contributed by atoms with E-state index in [-0.39, 0.29) is 24.5 Å². The first-order valence-corrected chi connectivity index (χ1v) is 13.0. The van der Waals surface area contributed by atoms with Crippen LogP contribution in [-0.2, 0) is 14.4 Å². The number of allylic oxidation sites excluding steroid dienone is 3. The van der Waals surface area contributed by atoms with Crippen molar-refractivity contribution in [2.75, 3.05) is 24.6 Å². The molecule has 2 heterocycles. The lowest BCUT2D eigenvalue weighted by atomic mass is 9.94. The number of carbonyl (C=O) groups is 1. The highest BCUT2D eigenvalue weighted by molar-refractivity contribution is 7.87. The van der Waals surface area contributed by atoms with E-state index >= 15 is 0 Å². The molecule has 0 saturated carbocycles. The molecular formula is C26H25F3N2O5S. The van der Waals surface area contributed by atoms with Crippen LogP contribution in [0, 0.1) is 6.92 Å². The first-order valence-electron chi connectivity index (χ1n) is 11.6. The number of ketones is 1. The molecule has 0 radical (unpaired) electrons. The normalized spacial score (nSPS) is 18.0. The standard InChI is InChI=1S/C26H25F3N2O5S/c1-4-17(25(32)19-9-7-6-8-16(19)3)12-18-15-31(5-2)23-14-24-21(13-20(18)23)22(10-11-35-24)30-36-37(33,34)26(27,28)29/h4,6-9,12-14H,5,10-11,15H2,1-3H3/b17-4+,18-12+,30-22+. The fourth-order valence-electron chi connectivity index (χ4n) is 4.29. The molecule has 2 aliphatic rings. The summed E-state index contributed by atoms with van der Waals surface area (Å²) in [6, 6.07) is 10.7. The van der Waals surface area contributed by atoms with Crippen LogP contribution in [0.3, 0.4) is 0 Å². The molecule has 0 unspecified atom stereocenters. The number of fused-ring (bicyclic) bond motifs is 2. The number of ether oxygens (including phenoxy) is 1. The number of nitrogens with zero attached hydrogens (tertiary/aromatic N) is 2. The minimum absolute atomic E-state index is 0.0217. The van der Waals surface area contributed by atoms with Gasteiger partial charge in [0, 0.05) is 53.5 Å². The van der Waals surface area contributed by atoms with Crippen LogP contribution in [0.1, 0.15) is 47.3 Å². The Morgan fingerprint density at radius 2 is 1.95 bits per heavy atom. The highest BCUT2D eigenvalue weighted by Crippen LogP contribution is 2.42. The Bertz CT molecular complexity index is 1440. The third-order valence-corrected chi connectivity index (χ3v) is 7.09. The maximum atomic E-state index is 13.3. The van der Waals surface area contributed by atoms with E-state index in [1.54, 1.807) is 43.3 Å². The number of aryl methyl sites for hydroxylation is 1. The molecular weight excluding hydrogens is 509 g/mol. The van der Waals surface area contributed by atoms with Crippen molar-refractivity contribution in [3.63, 3.8) is 0 Å². The van der Waals surface area contributed by atoms with Gasteiger partial charge in [0.05, 0.1) is 12.3 Å². The molecule has 11 heteroatoms. The molecule has 0 aromatic heterocycles. The first kappa shape index (κ1) is 26.5. The van der Waals surface area contributed by atoms with Crippen molar-refractivity contribution in [2.45, 2.75) is 32.7 Å². The molecule has 2 aromatic carbocycles. The number of likely N-dealkylation sites (N-methyl/N-ethyl adjacent to an activating group) is 1. The van der Waals surface area contributed by atoms with Crippen LogP contribution in [-0.4, -0.2) is 45.1 Å². The number of hydrogen-bond acceptors (Lipinski definition) is 7. The SMILES string of the molecule is C/C=C(\C=C1/CN(CC)c2cc3c(cc21)/C(=N/OS(=O)(=O)C(F)(F)F)CCO3)C(=O)c1ccccc1C. The maximum absolute atomic E-state index is 13.3. The van der Waals surface area contributed by atoms with Crippen LogP contribution in [0.2, 0.25) is 0 Å². The van der Waals surface area contributed by atoms with Crippen LogP contribution in [0.5, 0.6) is 5.75 Å². The summed E-state index contributed by atoms with van der Waals surface area (Å²) in [7, 11) is -5.89. The summed E-state index contributed by atoms with van der Waals surface area (Å²) in [6.45, 7) is 6.88. The molecule has 2 aliphatic heterocycles. The molecule has 0 atom stereocenters. The predicted octanol–water partition coefficient (Wildman–Crippen LogP) is 5.40. The molecule has 37 heavy (non-hydrogen) atoms. The van der Waals surface area contributed by atoms with Crippen LogP contribution in [0.25, 0.3) is 5.57 Å². The van der Waals surface area contributed by atoms with Gasteiger partial charge in [-0.3, -0.25) is 9.08 Å². The second kappa shape index (κ2) is 10.0. The van der Waals surface area contributed by atoms with Gasteiger partial charge in [0.1, 0.15) is 5.75 Å². The Kier molecular flexibility index (Phi) is 7.18. The second-order valence-corrected chi connectivity index (χ2v) is 10.1. The number of carbonyl (C=O) groups excluding carboxylic acids is 1. The molecule has 0 amide bonds. The molecule has 0 aliphatic carbocycles. The van der Waals surface area contributed by atoms with Crippen molar-refractivity contribution in [1.82, 2.24) is 0 Å². The number of rotatable bonds is 6. The van der Waals surface area contributed by atoms with Crippen molar-refractivity contribution in [3.05, 3.63) is 76.4 Å². The van der Waals surface area contributed by atoms with Crippen molar-refractivity contribution >= 4 is 32.9 Å². The molecule has 0 bridgehead atoms. The Labute approximate surface area is 213 Å². The fraction of sp³-hybridized carbons (Fsp3) is 0.308. The molecule has 7 nitrogen and oxygen atoms in total. The fourth-order valence-corrected chi connectivity index (χ4v) is 4.56. The third kappa shape index (κ3) is 5.13. The second-order valence-electron chi connectivity index (χ2n) is 8.55. The number of alkyl halides is 3. The van der Waals surface area contributed by atoms with E-state index in [1.165, 1.54) is 0 Å². The predicted molar refractivity (Wildman–Crippen MR) is 134 cm³/mol. The van der Waals surface area contributed by atoms with Gasteiger partial charge in [-0.05, 0) is 44.1 Å². The van der Waals surface area contributed by atoms with E-state index in [0.717, 1.165) is 22.4 Å². The number of benzene rings is 2. The summed E-state index contributed by atoms with van der Waals surface area (Å²) in [5.74, 6) is 0.234. The van der Waals surface area contributed by atoms with Crippen LogP contribution < -0.4 is 9.64 Å². The largest absolute Gasteiger partial charge is 0.536 e. The topological polar surface area (TPSA) is 85.3 Å². The zero-order valence-electron chi connectivity index (χ0n) is 20.4. The summed E-state index contributed by atoms with van der Waals surface area (Å²) in [5, 5.41) is 3.34. The Hall–Kier alpha value is -3.60. The summed E-state index contributed by atoms with van der Waals surface area (Å²) in [4.78, 5) is 15.3. The van der Waals surface area contributed by atoms with Gasteiger partial charge in [0.15, 0.2) is 5.78 Å². The number of halogens is 3. The third-order valence-electron chi connectivity index (χ3n) is 6.26. The van der Waals surface area contributed by atoms with E-state index in [4.69, 9.17) is 4.74 Å². The van der Waals surface area contributed by atoms with Gasteiger partial charge in [0.25, 0.3) is 0 Å². The lowest BCUT2D eigenvalue weighted by Gasteiger charge is -2.22.